The molecule has 0 saturated heterocycles. The van der Waals surface area contributed by atoms with Crippen molar-refractivity contribution in [1.82, 2.24) is 0 Å². The van der Waals surface area contributed by atoms with Crippen LogP contribution in [0.3, 0.4) is 0 Å². The predicted octanol–water partition coefficient (Wildman–Crippen LogP) is 3.43. The summed E-state index contributed by atoms with van der Waals surface area (Å²) in [5.74, 6) is 2.04. The van der Waals surface area contributed by atoms with E-state index in [2.05, 4.69) is 22.9 Å². The second-order valence-electron chi connectivity index (χ2n) is 5.21. The zero-order valence-corrected chi connectivity index (χ0v) is 13.3. The van der Waals surface area contributed by atoms with E-state index in [-0.39, 0.29) is 18.7 Å². The third kappa shape index (κ3) is 1.99. The van der Waals surface area contributed by atoms with Gasteiger partial charge in [0, 0.05) is 29.8 Å². The highest BCUT2D eigenvalue weighted by Gasteiger charge is 2.39. The van der Waals surface area contributed by atoms with Crippen LogP contribution in [0.5, 0.6) is 11.5 Å². The first-order chi connectivity index (χ1) is 9.67. The van der Waals surface area contributed by atoms with Gasteiger partial charge >= 0.3 is 0 Å². The highest BCUT2D eigenvalue weighted by Crippen LogP contribution is 2.49. The van der Waals surface area contributed by atoms with Gasteiger partial charge in [0.25, 0.3) is 0 Å². The molecule has 0 saturated carbocycles. The molecule has 1 aromatic carbocycles. The van der Waals surface area contributed by atoms with Gasteiger partial charge in [-0.25, -0.2) is 0 Å². The van der Waals surface area contributed by atoms with E-state index in [9.17, 15) is 4.79 Å². The lowest BCUT2D eigenvalue weighted by Gasteiger charge is -2.25. The summed E-state index contributed by atoms with van der Waals surface area (Å²) in [7, 11) is 0. The molecule has 0 N–H and O–H groups in total. The lowest BCUT2D eigenvalue weighted by molar-refractivity contribution is -0.118. The van der Waals surface area contributed by atoms with Crippen molar-refractivity contribution in [3.63, 3.8) is 0 Å². The number of hydrogen-bond acceptors (Lipinski definition) is 3. The van der Waals surface area contributed by atoms with Crippen LogP contribution in [0.4, 0.5) is 5.69 Å². The fourth-order valence-electron chi connectivity index (χ4n) is 3.16. The quantitative estimate of drug-likeness (QED) is 0.792. The molecule has 2 unspecified atom stereocenters. The first-order valence-corrected chi connectivity index (χ1v) is 8.11. The van der Waals surface area contributed by atoms with E-state index >= 15 is 0 Å². The average Bonchev–Trinajstić information content (AvgIpc) is 3.00. The van der Waals surface area contributed by atoms with E-state index < -0.39 is 0 Å². The molecule has 3 rings (SSSR count). The standard InChI is InChI=1S/C15H18BrNO3/c1-3-15(18)17-9(2)10(4-5-16)11-6-13-14(7-12(11)17)20-8-19-13/h6-7,9-10H,3-5,8H2,1-2H3. The predicted molar refractivity (Wildman–Crippen MR) is 81.0 cm³/mol. The van der Waals surface area contributed by atoms with Crippen LogP contribution in [0.1, 0.15) is 38.2 Å². The molecule has 0 radical (unpaired) electrons. The van der Waals surface area contributed by atoms with Gasteiger partial charge < -0.3 is 14.4 Å². The molecule has 20 heavy (non-hydrogen) atoms. The van der Waals surface area contributed by atoms with Gasteiger partial charge in [-0.3, -0.25) is 4.79 Å². The number of fused-ring (bicyclic) bond motifs is 2. The van der Waals surface area contributed by atoms with Crippen molar-refractivity contribution in [1.29, 1.82) is 0 Å². The Morgan fingerprint density at radius 3 is 2.75 bits per heavy atom. The van der Waals surface area contributed by atoms with Gasteiger partial charge in [-0.1, -0.05) is 22.9 Å². The van der Waals surface area contributed by atoms with Crippen molar-refractivity contribution in [3.05, 3.63) is 17.7 Å². The topological polar surface area (TPSA) is 38.8 Å². The zero-order chi connectivity index (χ0) is 14.3. The van der Waals surface area contributed by atoms with Crippen LogP contribution >= 0.6 is 15.9 Å². The maximum absolute atomic E-state index is 12.3. The summed E-state index contributed by atoms with van der Waals surface area (Å²) in [5.41, 5.74) is 2.18. The number of amides is 1. The number of anilines is 1. The molecule has 1 amide bonds. The normalized spacial score (nSPS) is 23.1. The second kappa shape index (κ2) is 5.28. The van der Waals surface area contributed by atoms with E-state index in [1.807, 2.05) is 24.0 Å². The molecule has 0 bridgehead atoms. The highest BCUT2D eigenvalue weighted by atomic mass is 79.9. The van der Waals surface area contributed by atoms with Crippen molar-refractivity contribution in [3.8, 4) is 11.5 Å². The summed E-state index contributed by atoms with van der Waals surface area (Å²) >= 11 is 3.52. The lowest BCUT2D eigenvalue weighted by Crippen LogP contribution is -2.36. The van der Waals surface area contributed by atoms with Crippen molar-refractivity contribution in [2.45, 2.75) is 38.6 Å². The minimum Gasteiger partial charge on any atom is -0.454 e. The van der Waals surface area contributed by atoms with Gasteiger partial charge in [0.15, 0.2) is 11.5 Å². The summed E-state index contributed by atoms with van der Waals surface area (Å²) in [6.07, 6.45) is 1.51. The molecule has 2 heterocycles. The summed E-state index contributed by atoms with van der Waals surface area (Å²) in [5, 5.41) is 0.921. The third-order valence-corrected chi connectivity index (χ3v) is 4.62. The molecule has 2 aliphatic rings. The number of carbonyl (C=O) groups excluding carboxylic acids is 1. The Balaban J connectivity index is 2.08. The van der Waals surface area contributed by atoms with Crippen LogP contribution in [-0.2, 0) is 4.79 Å². The van der Waals surface area contributed by atoms with E-state index in [0.717, 1.165) is 28.9 Å². The Hall–Kier alpha value is -1.23. The number of carbonyl (C=O) groups is 1. The zero-order valence-electron chi connectivity index (χ0n) is 11.7. The summed E-state index contributed by atoms with van der Waals surface area (Å²) < 4.78 is 10.9. The molecular weight excluding hydrogens is 322 g/mol. The SMILES string of the molecule is CCC(=O)N1c2cc3c(cc2C(CCBr)C1C)OCO3. The molecule has 1 aromatic rings. The monoisotopic (exact) mass is 339 g/mol. The van der Waals surface area contributed by atoms with Crippen molar-refractivity contribution in [2.24, 2.45) is 0 Å². The number of benzene rings is 1. The van der Waals surface area contributed by atoms with Gasteiger partial charge in [-0.2, -0.15) is 0 Å². The highest BCUT2D eigenvalue weighted by molar-refractivity contribution is 9.09. The minimum absolute atomic E-state index is 0.162. The summed E-state index contributed by atoms with van der Waals surface area (Å²) in [4.78, 5) is 14.2. The number of nitrogens with zero attached hydrogens (tertiary/aromatic N) is 1. The maximum Gasteiger partial charge on any atom is 0.231 e. The van der Waals surface area contributed by atoms with Crippen LogP contribution in [-0.4, -0.2) is 24.1 Å². The number of halogens is 1. The molecule has 0 aliphatic carbocycles. The van der Waals surface area contributed by atoms with E-state index in [4.69, 9.17) is 9.47 Å². The molecule has 5 heteroatoms. The first-order valence-electron chi connectivity index (χ1n) is 6.99. The fourth-order valence-corrected chi connectivity index (χ4v) is 3.65. The fraction of sp³-hybridized carbons (Fsp3) is 0.533. The van der Waals surface area contributed by atoms with Crippen LogP contribution in [0.2, 0.25) is 0 Å². The molecule has 0 spiro atoms. The van der Waals surface area contributed by atoms with E-state index in [1.165, 1.54) is 5.56 Å². The van der Waals surface area contributed by atoms with Gasteiger partial charge in [0.1, 0.15) is 0 Å². The Morgan fingerprint density at radius 1 is 1.40 bits per heavy atom. The molecule has 108 valence electrons. The van der Waals surface area contributed by atoms with Crippen molar-refractivity contribution >= 4 is 27.5 Å². The number of alkyl halides is 1. The van der Waals surface area contributed by atoms with Crippen molar-refractivity contribution in [2.75, 3.05) is 17.0 Å². The number of hydrogen-bond donors (Lipinski definition) is 0. The second-order valence-corrected chi connectivity index (χ2v) is 6.00. The summed E-state index contributed by atoms with van der Waals surface area (Å²) in [6, 6.07) is 4.18. The maximum atomic E-state index is 12.3. The molecular formula is C15H18BrNO3. The van der Waals surface area contributed by atoms with Crippen LogP contribution in [0, 0.1) is 0 Å². The Bertz CT molecular complexity index is 546. The Labute approximate surface area is 127 Å². The largest absolute Gasteiger partial charge is 0.454 e. The lowest BCUT2D eigenvalue weighted by atomic mass is 9.93. The molecule has 0 aromatic heterocycles. The Morgan fingerprint density at radius 2 is 2.10 bits per heavy atom. The minimum atomic E-state index is 0.162. The van der Waals surface area contributed by atoms with Gasteiger partial charge in [0.05, 0.1) is 5.69 Å². The molecule has 4 nitrogen and oxygen atoms in total. The Kier molecular flexibility index (Phi) is 3.63. The molecule has 2 atom stereocenters. The van der Waals surface area contributed by atoms with Gasteiger partial charge in [-0.15, -0.1) is 0 Å². The average molecular weight is 340 g/mol. The molecule has 2 aliphatic heterocycles. The smallest absolute Gasteiger partial charge is 0.231 e. The van der Waals surface area contributed by atoms with Gasteiger partial charge in [-0.05, 0) is 25.0 Å². The summed E-state index contributed by atoms with van der Waals surface area (Å²) in [6.45, 7) is 4.28. The van der Waals surface area contributed by atoms with E-state index in [0.29, 0.717) is 12.3 Å². The molecule has 0 fully saturated rings. The number of rotatable bonds is 3. The first kappa shape index (κ1) is 13.7. The van der Waals surface area contributed by atoms with Crippen LogP contribution in [0.25, 0.3) is 0 Å². The van der Waals surface area contributed by atoms with Crippen LogP contribution < -0.4 is 14.4 Å². The number of ether oxygens (including phenoxy) is 2. The van der Waals surface area contributed by atoms with Crippen LogP contribution in [0.15, 0.2) is 12.1 Å². The third-order valence-electron chi connectivity index (χ3n) is 4.16. The van der Waals surface area contributed by atoms with Crippen molar-refractivity contribution < 1.29 is 14.3 Å². The van der Waals surface area contributed by atoms with Gasteiger partial charge in [0.2, 0.25) is 12.7 Å². The van der Waals surface area contributed by atoms with E-state index in [1.54, 1.807) is 0 Å².